The van der Waals surface area contributed by atoms with Crippen molar-refractivity contribution in [1.82, 2.24) is 9.97 Å². The first-order valence-electron chi connectivity index (χ1n) is 6.61. The lowest BCUT2D eigenvalue weighted by molar-refractivity contribution is -0.139. The fraction of sp³-hybridized carbons (Fsp3) is 0.267. The molecule has 6 heteroatoms. The largest absolute Gasteiger partial charge is 0.479 e. The first-order chi connectivity index (χ1) is 10.1. The monoisotopic (exact) mass is 287 g/mol. The molecule has 0 atom stereocenters. The number of nitrogens with zero attached hydrogens (tertiary/aromatic N) is 2. The molecule has 2 aromatic rings. The Bertz CT molecular complexity index is 602. The topological polar surface area (TPSA) is 84.3 Å². The summed E-state index contributed by atoms with van der Waals surface area (Å²) < 4.78 is 5.06. The number of carboxylic acids is 1. The minimum absolute atomic E-state index is 0.257. The minimum Gasteiger partial charge on any atom is -0.479 e. The maximum absolute atomic E-state index is 10.5. The number of aliphatic carboxylic acids is 1. The third-order valence-electron chi connectivity index (χ3n) is 2.71. The van der Waals surface area contributed by atoms with Crippen LogP contribution in [0.5, 0.6) is 5.88 Å². The van der Waals surface area contributed by atoms with Gasteiger partial charge in [-0.25, -0.2) is 9.78 Å². The predicted molar refractivity (Wildman–Crippen MR) is 78.5 cm³/mol. The Balaban J connectivity index is 1.91. The van der Waals surface area contributed by atoms with Gasteiger partial charge in [-0.3, -0.25) is 0 Å². The number of aromatic nitrogens is 2. The van der Waals surface area contributed by atoms with E-state index in [-0.39, 0.29) is 5.88 Å². The van der Waals surface area contributed by atoms with Gasteiger partial charge in [0.2, 0.25) is 11.8 Å². The van der Waals surface area contributed by atoms with E-state index in [4.69, 9.17) is 9.84 Å². The van der Waals surface area contributed by atoms with Gasteiger partial charge in [-0.05, 0) is 18.9 Å². The Morgan fingerprint density at radius 3 is 2.76 bits per heavy atom. The normalized spacial score (nSPS) is 10.1. The lowest BCUT2D eigenvalue weighted by Crippen LogP contribution is -2.13. The van der Waals surface area contributed by atoms with E-state index in [0.29, 0.717) is 18.2 Å². The van der Waals surface area contributed by atoms with Crippen LogP contribution in [-0.2, 0) is 11.2 Å². The Labute approximate surface area is 122 Å². The summed E-state index contributed by atoms with van der Waals surface area (Å²) in [6, 6.07) is 11.7. The molecule has 2 rings (SSSR count). The zero-order chi connectivity index (χ0) is 15.1. The van der Waals surface area contributed by atoms with Crippen molar-refractivity contribution in [3.63, 3.8) is 0 Å². The Morgan fingerprint density at radius 1 is 1.29 bits per heavy atom. The number of benzene rings is 1. The number of hydrogen-bond donors (Lipinski definition) is 2. The van der Waals surface area contributed by atoms with E-state index in [1.165, 1.54) is 5.56 Å². The molecular weight excluding hydrogens is 270 g/mol. The van der Waals surface area contributed by atoms with Crippen molar-refractivity contribution >= 4 is 11.9 Å². The number of anilines is 1. The zero-order valence-electron chi connectivity index (χ0n) is 11.7. The lowest BCUT2D eigenvalue weighted by Gasteiger charge is -2.08. The number of rotatable bonds is 7. The smallest absolute Gasteiger partial charge is 0.341 e. The molecule has 0 amide bonds. The number of nitrogens with one attached hydrogen (secondary N) is 1. The van der Waals surface area contributed by atoms with Gasteiger partial charge < -0.3 is 15.2 Å². The molecule has 1 aromatic heterocycles. The maximum atomic E-state index is 10.5. The van der Waals surface area contributed by atoms with E-state index in [2.05, 4.69) is 27.4 Å². The van der Waals surface area contributed by atoms with Gasteiger partial charge in [0, 0.05) is 18.3 Å². The molecule has 0 saturated heterocycles. The predicted octanol–water partition coefficient (Wildman–Crippen LogP) is 1.90. The van der Waals surface area contributed by atoms with Crippen LogP contribution in [0.2, 0.25) is 0 Å². The van der Waals surface area contributed by atoms with E-state index in [1.807, 2.05) is 18.2 Å². The Kier molecular flexibility index (Phi) is 5.09. The molecule has 0 fully saturated rings. The molecule has 0 aliphatic carbocycles. The van der Waals surface area contributed by atoms with Gasteiger partial charge in [-0.15, -0.1) is 0 Å². The summed E-state index contributed by atoms with van der Waals surface area (Å²) in [4.78, 5) is 18.9. The second-order valence-corrected chi connectivity index (χ2v) is 4.52. The fourth-order valence-corrected chi connectivity index (χ4v) is 1.79. The van der Waals surface area contributed by atoms with Crippen LogP contribution in [-0.4, -0.2) is 34.2 Å². The van der Waals surface area contributed by atoms with Gasteiger partial charge in [0.05, 0.1) is 0 Å². The molecule has 0 aliphatic rings. The number of carboxylic acid groups (broad SMARTS) is 1. The molecule has 1 aromatic carbocycles. The fourth-order valence-electron chi connectivity index (χ4n) is 1.79. The number of aryl methyl sites for hydroxylation is 1. The summed E-state index contributed by atoms with van der Waals surface area (Å²) in [5.74, 6) is -0.344. The van der Waals surface area contributed by atoms with Crippen LogP contribution in [0, 0.1) is 6.92 Å². The van der Waals surface area contributed by atoms with Crippen molar-refractivity contribution in [3.8, 4) is 5.88 Å². The highest BCUT2D eigenvalue weighted by Crippen LogP contribution is 2.12. The van der Waals surface area contributed by atoms with Crippen LogP contribution in [0.1, 0.15) is 11.3 Å². The van der Waals surface area contributed by atoms with Crippen LogP contribution >= 0.6 is 0 Å². The first-order valence-corrected chi connectivity index (χ1v) is 6.61. The molecule has 0 aliphatic heterocycles. The summed E-state index contributed by atoms with van der Waals surface area (Å²) in [6.07, 6.45) is 0.851. The molecule has 1 heterocycles. The van der Waals surface area contributed by atoms with Crippen LogP contribution in [0.4, 0.5) is 5.95 Å². The SMILES string of the molecule is Cc1cc(OCC(=O)O)nc(NCCc2ccccc2)n1. The van der Waals surface area contributed by atoms with Gasteiger partial charge in [0.15, 0.2) is 6.61 Å². The van der Waals surface area contributed by atoms with E-state index < -0.39 is 12.6 Å². The van der Waals surface area contributed by atoms with Crippen molar-refractivity contribution < 1.29 is 14.6 Å². The molecule has 0 bridgehead atoms. The summed E-state index contributed by atoms with van der Waals surface area (Å²) >= 11 is 0. The third-order valence-corrected chi connectivity index (χ3v) is 2.71. The van der Waals surface area contributed by atoms with E-state index in [0.717, 1.165) is 6.42 Å². The van der Waals surface area contributed by atoms with Crippen LogP contribution < -0.4 is 10.1 Å². The molecule has 0 saturated carbocycles. The molecule has 0 spiro atoms. The van der Waals surface area contributed by atoms with Crippen LogP contribution in [0.25, 0.3) is 0 Å². The van der Waals surface area contributed by atoms with Crippen molar-refractivity contribution in [2.24, 2.45) is 0 Å². The second-order valence-electron chi connectivity index (χ2n) is 4.52. The lowest BCUT2D eigenvalue weighted by atomic mass is 10.1. The number of hydrogen-bond acceptors (Lipinski definition) is 5. The van der Waals surface area contributed by atoms with Gasteiger partial charge >= 0.3 is 5.97 Å². The molecule has 0 unspecified atom stereocenters. The third kappa shape index (κ3) is 5.10. The summed E-state index contributed by atoms with van der Waals surface area (Å²) in [5, 5.41) is 11.7. The minimum atomic E-state index is -1.04. The first kappa shape index (κ1) is 14.8. The standard InChI is InChI=1S/C15H17N3O3/c1-11-9-13(21-10-14(19)20)18-15(17-11)16-8-7-12-5-3-2-4-6-12/h2-6,9H,7-8,10H2,1H3,(H,19,20)(H,16,17,18). The molecular formula is C15H17N3O3. The highest BCUT2D eigenvalue weighted by Gasteiger charge is 2.05. The average Bonchev–Trinajstić information content (AvgIpc) is 2.46. The summed E-state index contributed by atoms with van der Waals surface area (Å²) in [6.45, 7) is 2.07. The Morgan fingerprint density at radius 2 is 2.05 bits per heavy atom. The molecule has 110 valence electrons. The quantitative estimate of drug-likeness (QED) is 0.809. The van der Waals surface area contributed by atoms with Gasteiger partial charge in [-0.1, -0.05) is 30.3 Å². The molecule has 6 nitrogen and oxygen atoms in total. The summed E-state index contributed by atoms with van der Waals surface area (Å²) in [7, 11) is 0. The second kappa shape index (κ2) is 7.23. The van der Waals surface area contributed by atoms with E-state index in [1.54, 1.807) is 13.0 Å². The van der Waals surface area contributed by atoms with E-state index >= 15 is 0 Å². The average molecular weight is 287 g/mol. The number of carbonyl (C=O) groups is 1. The summed E-state index contributed by atoms with van der Waals surface area (Å²) in [5.41, 5.74) is 1.94. The van der Waals surface area contributed by atoms with Crippen molar-refractivity contribution in [2.45, 2.75) is 13.3 Å². The van der Waals surface area contributed by atoms with E-state index in [9.17, 15) is 4.79 Å². The zero-order valence-corrected chi connectivity index (χ0v) is 11.7. The highest BCUT2D eigenvalue weighted by atomic mass is 16.5. The van der Waals surface area contributed by atoms with Crippen molar-refractivity contribution in [2.75, 3.05) is 18.5 Å². The van der Waals surface area contributed by atoms with Gasteiger partial charge in [-0.2, -0.15) is 4.98 Å². The molecule has 2 N–H and O–H groups in total. The molecule has 21 heavy (non-hydrogen) atoms. The maximum Gasteiger partial charge on any atom is 0.341 e. The van der Waals surface area contributed by atoms with Crippen molar-refractivity contribution in [3.05, 3.63) is 47.7 Å². The highest BCUT2D eigenvalue weighted by molar-refractivity contribution is 5.68. The van der Waals surface area contributed by atoms with Crippen molar-refractivity contribution in [1.29, 1.82) is 0 Å². The van der Waals surface area contributed by atoms with Gasteiger partial charge in [0.25, 0.3) is 0 Å². The Hall–Kier alpha value is -2.63. The van der Waals surface area contributed by atoms with Crippen LogP contribution in [0.15, 0.2) is 36.4 Å². The van der Waals surface area contributed by atoms with Gasteiger partial charge in [0.1, 0.15) is 0 Å². The molecule has 0 radical (unpaired) electrons. The van der Waals surface area contributed by atoms with Crippen LogP contribution in [0.3, 0.4) is 0 Å². The number of ether oxygens (including phenoxy) is 1.